The van der Waals surface area contributed by atoms with E-state index in [9.17, 15) is 14.4 Å². The van der Waals surface area contributed by atoms with Gasteiger partial charge in [-0.1, -0.05) is 35.3 Å². The summed E-state index contributed by atoms with van der Waals surface area (Å²) in [6.45, 7) is 1.45. The molecule has 0 spiro atoms. The number of esters is 1. The zero-order valence-electron chi connectivity index (χ0n) is 17.8. The Hall–Kier alpha value is -2.42. The quantitative estimate of drug-likeness (QED) is 0.470. The van der Waals surface area contributed by atoms with Crippen LogP contribution in [-0.2, 0) is 14.3 Å². The van der Waals surface area contributed by atoms with Gasteiger partial charge < -0.3 is 20.1 Å². The molecule has 2 aromatic carbocycles. The Balaban J connectivity index is 2.06. The van der Waals surface area contributed by atoms with Gasteiger partial charge in [0.2, 0.25) is 0 Å². The molecule has 0 saturated heterocycles. The first-order valence-corrected chi connectivity index (χ1v) is 11.8. The molecule has 2 aromatic rings. The summed E-state index contributed by atoms with van der Waals surface area (Å²) in [6.07, 6.45) is 1.10. The van der Waals surface area contributed by atoms with Crippen molar-refractivity contribution in [1.29, 1.82) is 0 Å². The van der Waals surface area contributed by atoms with Crippen LogP contribution in [0.3, 0.4) is 0 Å². The van der Waals surface area contributed by atoms with Gasteiger partial charge in [-0.05, 0) is 55.7 Å². The second kappa shape index (κ2) is 12.6. The fourth-order valence-electron chi connectivity index (χ4n) is 2.69. The predicted molar refractivity (Wildman–Crippen MR) is 128 cm³/mol. The van der Waals surface area contributed by atoms with E-state index in [1.165, 1.54) is 44.0 Å². The first-order valence-electron chi connectivity index (χ1n) is 9.66. The van der Waals surface area contributed by atoms with Crippen LogP contribution in [0.2, 0.25) is 10.0 Å². The van der Waals surface area contributed by atoms with E-state index in [-0.39, 0.29) is 10.6 Å². The minimum absolute atomic E-state index is 0.163. The zero-order valence-corrected chi connectivity index (χ0v) is 20.1. The SMILES string of the molecule is COc1ccccc1NC(=O)C(C)OC(=O)C(CCSC)NC(=O)c1ccc(Cl)cc1Cl. The summed E-state index contributed by atoms with van der Waals surface area (Å²) in [4.78, 5) is 37.9. The third kappa shape index (κ3) is 7.32. The number of halogens is 2. The first kappa shape index (κ1) is 25.8. The van der Waals surface area contributed by atoms with Crippen LogP contribution in [0.1, 0.15) is 23.7 Å². The molecule has 2 atom stereocenters. The van der Waals surface area contributed by atoms with Crippen molar-refractivity contribution in [2.24, 2.45) is 0 Å². The number of hydrogen-bond donors (Lipinski definition) is 2. The lowest BCUT2D eigenvalue weighted by Crippen LogP contribution is -2.44. The molecule has 2 rings (SSSR count). The van der Waals surface area contributed by atoms with Crippen molar-refractivity contribution in [1.82, 2.24) is 5.32 Å². The lowest BCUT2D eigenvalue weighted by Gasteiger charge is -2.21. The molecule has 2 N–H and O–H groups in total. The Labute approximate surface area is 201 Å². The highest BCUT2D eigenvalue weighted by Crippen LogP contribution is 2.24. The summed E-state index contributed by atoms with van der Waals surface area (Å²) in [6, 6.07) is 10.4. The summed E-state index contributed by atoms with van der Waals surface area (Å²) in [5.74, 6) is -0.722. The van der Waals surface area contributed by atoms with E-state index in [4.69, 9.17) is 32.7 Å². The number of rotatable bonds is 10. The number of nitrogens with one attached hydrogen (secondary N) is 2. The summed E-state index contributed by atoms with van der Waals surface area (Å²) in [7, 11) is 1.49. The zero-order chi connectivity index (χ0) is 23.7. The number of thioether (sulfide) groups is 1. The van der Waals surface area contributed by atoms with E-state index in [0.717, 1.165) is 0 Å². The van der Waals surface area contributed by atoms with E-state index in [1.54, 1.807) is 24.3 Å². The average Bonchev–Trinajstić information content (AvgIpc) is 2.76. The van der Waals surface area contributed by atoms with Gasteiger partial charge in [0.05, 0.1) is 23.4 Å². The van der Waals surface area contributed by atoms with E-state index in [1.807, 2.05) is 6.26 Å². The van der Waals surface area contributed by atoms with Gasteiger partial charge >= 0.3 is 5.97 Å². The molecule has 172 valence electrons. The van der Waals surface area contributed by atoms with E-state index >= 15 is 0 Å². The Bertz CT molecular complexity index is 973. The number of amides is 2. The van der Waals surface area contributed by atoms with Crippen molar-refractivity contribution >= 4 is 58.4 Å². The molecule has 0 fully saturated rings. The summed E-state index contributed by atoms with van der Waals surface area (Å²) >= 11 is 13.5. The molecule has 0 saturated carbocycles. The second-order valence-electron chi connectivity index (χ2n) is 6.70. The number of carbonyl (C=O) groups excluding carboxylic acids is 3. The standard InChI is InChI=1S/C22H24Cl2N2O5S/c1-13(20(27)25-17-6-4-5-7-19(17)30-2)31-22(29)18(10-11-32-3)26-21(28)15-9-8-14(23)12-16(15)24/h4-9,12-13,18H,10-11H2,1-3H3,(H,25,27)(H,26,28). The van der Waals surface area contributed by atoms with Crippen molar-refractivity contribution in [3.8, 4) is 5.75 Å². The molecule has 10 heteroatoms. The smallest absolute Gasteiger partial charge is 0.329 e. The number of methoxy groups -OCH3 is 1. The lowest BCUT2D eigenvalue weighted by atomic mass is 10.1. The molecule has 0 aliphatic heterocycles. The van der Waals surface area contributed by atoms with Crippen molar-refractivity contribution < 1.29 is 23.9 Å². The van der Waals surface area contributed by atoms with Gasteiger partial charge in [0, 0.05) is 5.02 Å². The maximum atomic E-state index is 12.7. The molecule has 0 aliphatic carbocycles. The van der Waals surface area contributed by atoms with Gasteiger partial charge in [0.25, 0.3) is 11.8 Å². The number of anilines is 1. The van der Waals surface area contributed by atoms with E-state index < -0.39 is 29.9 Å². The van der Waals surface area contributed by atoms with Crippen molar-refractivity contribution in [2.75, 3.05) is 24.4 Å². The van der Waals surface area contributed by atoms with Crippen molar-refractivity contribution in [2.45, 2.75) is 25.5 Å². The monoisotopic (exact) mass is 498 g/mol. The molecule has 0 aliphatic rings. The van der Waals surface area contributed by atoms with Crippen LogP contribution in [0.4, 0.5) is 5.69 Å². The highest BCUT2D eigenvalue weighted by molar-refractivity contribution is 7.98. The molecular formula is C22H24Cl2N2O5S. The lowest BCUT2D eigenvalue weighted by molar-refractivity contribution is -0.155. The molecular weight excluding hydrogens is 475 g/mol. The molecule has 0 radical (unpaired) electrons. The fraction of sp³-hybridized carbons (Fsp3) is 0.318. The van der Waals surface area contributed by atoms with Crippen LogP contribution in [0, 0.1) is 0 Å². The summed E-state index contributed by atoms with van der Waals surface area (Å²) in [5, 5.41) is 5.85. The number of ether oxygens (including phenoxy) is 2. The minimum Gasteiger partial charge on any atom is -0.495 e. The fourth-order valence-corrected chi connectivity index (χ4v) is 3.65. The van der Waals surface area contributed by atoms with Crippen LogP contribution in [0.5, 0.6) is 5.75 Å². The number of benzene rings is 2. The third-order valence-electron chi connectivity index (χ3n) is 4.40. The summed E-state index contributed by atoms with van der Waals surface area (Å²) in [5.41, 5.74) is 0.632. The maximum Gasteiger partial charge on any atom is 0.329 e. The Morgan fingerprint density at radius 2 is 1.84 bits per heavy atom. The third-order valence-corrected chi connectivity index (χ3v) is 5.60. The average molecular weight is 499 g/mol. The van der Waals surface area contributed by atoms with E-state index in [0.29, 0.717) is 28.6 Å². The summed E-state index contributed by atoms with van der Waals surface area (Å²) < 4.78 is 10.5. The Morgan fingerprint density at radius 1 is 1.12 bits per heavy atom. The number of para-hydroxylation sites is 2. The largest absolute Gasteiger partial charge is 0.495 e. The molecule has 32 heavy (non-hydrogen) atoms. The highest BCUT2D eigenvalue weighted by Gasteiger charge is 2.27. The maximum absolute atomic E-state index is 12.7. The van der Waals surface area contributed by atoms with Gasteiger partial charge in [0.15, 0.2) is 6.10 Å². The normalized spacial score (nSPS) is 12.4. The van der Waals surface area contributed by atoms with Crippen LogP contribution in [0.15, 0.2) is 42.5 Å². The van der Waals surface area contributed by atoms with Crippen molar-refractivity contribution in [3.05, 3.63) is 58.1 Å². The van der Waals surface area contributed by atoms with Gasteiger partial charge in [-0.25, -0.2) is 4.79 Å². The van der Waals surface area contributed by atoms with Crippen LogP contribution in [-0.4, -0.2) is 49.0 Å². The molecule has 2 unspecified atom stereocenters. The minimum atomic E-state index is -1.10. The first-order chi connectivity index (χ1) is 15.3. The topological polar surface area (TPSA) is 93.7 Å². The van der Waals surface area contributed by atoms with Crippen molar-refractivity contribution in [3.63, 3.8) is 0 Å². The van der Waals surface area contributed by atoms with Crippen LogP contribution < -0.4 is 15.4 Å². The molecule has 0 bridgehead atoms. The second-order valence-corrected chi connectivity index (χ2v) is 8.53. The van der Waals surface area contributed by atoms with Crippen LogP contribution in [0.25, 0.3) is 0 Å². The highest BCUT2D eigenvalue weighted by atomic mass is 35.5. The Kier molecular flexibility index (Phi) is 10.2. The molecule has 2 amide bonds. The van der Waals surface area contributed by atoms with Gasteiger partial charge in [-0.15, -0.1) is 0 Å². The predicted octanol–water partition coefficient (Wildman–Crippen LogP) is 4.42. The molecule has 7 nitrogen and oxygen atoms in total. The van der Waals surface area contributed by atoms with Gasteiger partial charge in [-0.2, -0.15) is 11.8 Å². The molecule has 0 aromatic heterocycles. The van der Waals surface area contributed by atoms with Gasteiger partial charge in [-0.3, -0.25) is 9.59 Å². The van der Waals surface area contributed by atoms with E-state index in [2.05, 4.69) is 10.6 Å². The number of hydrogen-bond acceptors (Lipinski definition) is 6. The number of carbonyl (C=O) groups is 3. The van der Waals surface area contributed by atoms with Crippen LogP contribution >= 0.6 is 35.0 Å². The Morgan fingerprint density at radius 3 is 2.50 bits per heavy atom. The van der Waals surface area contributed by atoms with Gasteiger partial charge in [0.1, 0.15) is 11.8 Å². The molecule has 0 heterocycles.